The van der Waals surface area contributed by atoms with Crippen LogP contribution in [0.3, 0.4) is 0 Å². The monoisotopic (exact) mass is 451 g/mol. The van der Waals surface area contributed by atoms with Crippen LogP contribution in [-0.4, -0.2) is 46.2 Å². The van der Waals surface area contributed by atoms with E-state index in [9.17, 15) is 9.59 Å². The number of fused-ring (bicyclic) bond motifs is 1. The third-order valence-electron chi connectivity index (χ3n) is 4.86. The summed E-state index contributed by atoms with van der Waals surface area (Å²) in [7, 11) is 3.25. The zero-order valence-corrected chi connectivity index (χ0v) is 18.6. The van der Waals surface area contributed by atoms with Gasteiger partial charge in [0.2, 0.25) is 0 Å². The molecule has 1 aromatic carbocycles. The zero-order valence-electron chi connectivity index (χ0n) is 17.8. The first kappa shape index (κ1) is 21.6. The fourth-order valence-electron chi connectivity index (χ4n) is 3.22. The number of aromatic nitrogens is 3. The number of carbonyl (C=O) groups is 2. The van der Waals surface area contributed by atoms with Gasteiger partial charge in [0, 0.05) is 24.0 Å². The molecule has 0 fully saturated rings. The van der Waals surface area contributed by atoms with E-state index in [1.54, 1.807) is 24.3 Å². The van der Waals surface area contributed by atoms with Crippen molar-refractivity contribution in [1.82, 2.24) is 20.2 Å². The van der Waals surface area contributed by atoms with Gasteiger partial charge in [-0.25, -0.2) is 14.4 Å². The zero-order chi connectivity index (χ0) is 22.7. The Kier molecular flexibility index (Phi) is 6.24. The normalized spacial score (nSPS) is 11.1. The van der Waals surface area contributed by atoms with Crippen LogP contribution in [0.25, 0.3) is 10.2 Å². The summed E-state index contributed by atoms with van der Waals surface area (Å²) in [5, 5.41) is 11.2. The smallest absolute Gasteiger partial charge is 0.350 e. The number of hydrogen-bond donors (Lipinski definition) is 1. The Morgan fingerprint density at radius 3 is 2.59 bits per heavy atom. The molecule has 3 aromatic heterocycles. The second-order valence-corrected chi connectivity index (χ2v) is 8.24. The summed E-state index contributed by atoms with van der Waals surface area (Å²) >= 11 is 1.19. The van der Waals surface area contributed by atoms with Crippen LogP contribution in [0.4, 0.5) is 5.69 Å². The van der Waals surface area contributed by atoms with Gasteiger partial charge in [-0.1, -0.05) is 28.5 Å². The van der Waals surface area contributed by atoms with Gasteiger partial charge < -0.3 is 10.1 Å². The number of rotatable bonds is 7. The van der Waals surface area contributed by atoms with E-state index in [1.807, 2.05) is 37.1 Å². The van der Waals surface area contributed by atoms with E-state index in [4.69, 9.17) is 14.3 Å². The van der Waals surface area contributed by atoms with E-state index < -0.39 is 5.97 Å². The molecule has 0 aliphatic carbocycles. The number of aryl methyl sites for hydroxylation is 1. The molecule has 10 heteroatoms. The molecule has 0 spiro atoms. The Balaban J connectivity index is 1.61. The van der Waals surface area contributed by atoms with Crippen molar-refractivity contribution in [2.45, 2.75) is 20.0 Å². The van der Waals surface area contributed by atoms with Gasteiger partial charge in [-0.2, -0.15) is 0 Å². The number of anilines is 1. The lowest BCUT2D eigenvalue weighted by molar-refractivity contribution is 0.0607. The Morgan fingerprint density at radius 2 is 1.91 bits per heavy atom. The van der Waals surface area contributed by atoms with Crippen LogP contribution in [0.15, 0.2) is 47.1 Å². The van der Waals surface area contributed by atoms with Gasteiger partial charge in [0.05, 0.1) is 18.5 Å². The minimum absolute atomic E-state index is 0.300. The summed E-state index contributed by atoms with van der Waals surface area (Å²) in [6.07, 6.45) is 0. The fourth-order valence-corrected chi connectivity index (χ4v) is 4.29. The predicted octanol–water partition coefficient (Wildman–Crippen LogP) is 3.66. The summed E-state index contributed by atoms with van der Waals surface area (Å²) in [5.74, 6) is -0.833. The van der Waals surface area contributed by atoms with E-state index in [1.165, 1.54) is 18.4 Å². The van der Waals surface area contributed by atoms with Crippen molar-refractivity contribution < 1.29 is 19.0 Å². The van der Waals surface area contributed by atoms with Gasteiger partial charge in [0.15, 0.2) is 0 Å². The number of thiophene rings is 1. The van der Waals surface area contributed by atoms with E-state index in [0.717, 1.165) is 17.1 Å². The van der Waals surface area contributed by atoms with Gasteiger partial charge in [-0.3, -0.25) is 9.69 Å². The average molecular weight is 452 g/mol. The van der Waals surface area contributed by atoms with Crippen molar-refractivity contribution in [3.05, 3.63) is 70.0 Å². The second kappa shape index (κ2) is 9.25. The molecule has 0 radical (unpaired) electrons. The summed E-state index contributed by atoms with van der Waals surface area (Å²) in [4.78, 5) is 32.8. The molecule has 0 aliphatic heterocycles. The van der Waals surface area contributed by atoms with Gasteiger partial charge in [-0.05, 0) is 38.2 Å². The first-order chi connectivity index (χ1) is 15.5. The molecular weight excluding hydrogens is 430 g/mol. The van der Waals surface area contributed by atoms with Crippen molar-refractivity contribution in [2.75, 3.05) is 19.5 Å². The maximum Gasteiger partial charge on any atom is 0.350 e. The molecule has 4 aromatic rings. The highest BCUT2D eigenvalue weighted by Crippen LogP contribution is 2.36. The molecular formula is C22H21N5O4S. The van der Waals surface area contributed by atoms with Crippen LogP contribution in [0.5, 0.6) is 0 Å². The SMILES string of the molecule is COC(=O)c1sc2nc(CN(C)Cc3nonc3C)ccc2c1NC(=O)c1ccccc1. The Labute approximate surface area is 188 Å². The lowest BCUT2D eigenvalue weighted by Crippen LogP contribution is -2.18. The molecule has 0 bridgehead atoms. The third-order valence-corrected chi connectivity index (χ3v) is 5.94. The number of pyridine rings is 1. The summed E-state index contributed by atoms with van der Waals surface area (Å²) in [6, 6.07) is 12.5. The second-order valence-electron chi connectivity index (χ2n) is 7.24. The minimum Gasteiger partial charge on any atom is -0.465 e. The van der Waals surface area contributed by atoms with E-state index in [0.29, 0.717) is 39.4 Å². The maximum atomic E-state index is 12.7. The van der Waals surface area contributed by atoms with Crippen molar-refractivity contribution >= 4 is 39.1 Å². The van der Waals surface area contributed by atoms with Gasteiger partial charge in [0.1, 0.15) is 21.1 Å². The maximum absolute atomic E-state index is 12.7. The van der Waals surface area contributed by atoms with Crippen LogP contribution in [0.1, 0.15) is 37.1 Å². The predicted molar refractivity (Wildman–Crippen MR) is 120 cm³/mol. The first-order valence-corrected chi connectivity index (χ1v) is 10.6. The molecule has 9 nitrogen and oxygen atoms in total. The molecule has 0 unspecified atom stereocenters. The summed E-state index contributed by atoms with van der Waals surface area (Å²) in [6.45, 7) is 2.96. The molecule has 0 atom stereocenters. The van der Waals surface area contributed by atoms with Crippen LogP contribution >= 0.6 is 11.3 Å². The number of nitrogens with zero attached hydrogens (tertiary/aromatic N) is 4. The molecule has 32 heavy (non-hydrogen) atoms. The largest absolute Gasteiger partial charge is 0.465 e. The number of methoxy groups -OCH3 is 1. The van der Waals surface area contributed by atoms with Crippen LogP contribution in [-0.2, 0) is 17.8 Å². The number of esters is 1. The first-order valence-electron chi connectivity index (χ1n) is 9.80. The molecule has 3 heterocycles. The highest BCUT2D eigenvalue weighted by atomic mass is 32.1. The lowest BCUT2D eigenvalue weighted by atomic mass is 10.2. The molecule has 4 rings (SSSR count). The number of hydrogen-bond acceptors (Lipinski definition) is 9. The summed E-state index contributed by atoms with van der Waals surface area (Å²) in [5.41, 5.74) is 3.23. The van der Waals surface area contributed by atoms with Crippen LogP contribution in [0.2, 0.25) is 0 Å². The van der Waals surface area contributed by atoms with Crippen LogP contribution < -0.4 is 5.32 Å². The van der Waals surface area contributed by atoms with Crippen molar-refractivity contribution in [3.63, 3.8) is 0 Å². The molecule has 164 valence electrons. The van der Waals surface area contributed by atoms with Crippen LogP contribution in [0, 0.1) is 6.92 Å². The minimum atomic E-state index is -0.524. The molecule has 1 N–H and O–H groups in total. The lowest BCUT2D eigenvalue weighted by Gasteiger charge is -2.14. The Bertz CT molecular complexity index is 1270. The van der Waals surface area contributed by atoms with E-state index >= 15 is 0 Å². The quantitative estimate of drug-likeness (QED) is 0.424. The number of benzene rings is 1. The number of ether oxygens (including phenoxy) is 1. The molecule has 1 amide bonds. The Hall–Kier alpha value is -3.63. The average Bonchev–Trinajstić information content (AvgIpc) is 3.36. The number of amides is 1. The van der Waals surface area contributed by atoms with Crippen molar-refractivity contribution in [3.8, 4) is 0 Å². The highest BCUT2D eigenvalue weighted by molar-refractivity contribution is 7.21. The standard InChI is InChI=1S/C22H21N5O4S/c1-13-17(26-31-25-13)12-27(2)11-15-9-10-16-18(19(22(29)30-3)32-21(16)23-15)24-20(28)14-7-5-4-6-8-14/h4-10H,11-12H2,1-3H3,(H,24,28). The topological polar surface area (TPSA) is 110 Å². The number of carbonyl (C=O) groups excluding carboxylic acids is 2. The van der Waals surface area contributed by atoms with E-state index in [-0.39, 0.29) is 5.91 Å². The van der Waals surface area contributed by atoms with E-state index in [2.05, 4.69) is 15.6 Å². The number of nitrogens with one attached hydrogen (secondary N) is 1. The van der Waals surface area contributed by atoms with Crippen molar-refractivity contribution in [1.29, 1.82) is 0 Å². The molecule has 0 aliphatic rings. The molecule has 0 saturated heterocycles. The van der Waals surface area contributed by atoms with Gasteiger partial charge in [0.25, 0.3) is 5.91 Å². The Morgan fingerprint density at radius 1 is 1.12 bits per heavy atom. The van der Waals surface area contributed by atoms with Gasteiger partial charge in [-0.15, -0.1) is 11.3 Å². The van der Waals surface area contributed by atoms with Gasteiger partial charge >= 0.3 is 5.97 Å². The molecule has 0 saturated carbocycles. The third kappa shape index (κ3) is 4.51. The fraction of sp³-hybridized carbons (Fsp3) is 0.227. The summed E-state index contributed by atoms with van der Waals surface area (Å²) < 4.78 is 9.67. The van der Waals surface area contributed by atoms with Crippen molar-refractivity contribution in [2.24, 2.45) is 0 Å². The highest BCUT2D eigenvalue weighted by Gasteiger charge is 2.22.